The van der Waals surface area contributed by atoms with Crippen molar-refractivity contribution in [2.75, 3.05) is 0 Å². The number of rotatable bonds is 8. The maximum absolute atomic E-state index is 12.5. The molecular formula is C13H21N3OS2. The number of carbonyl (C=O) groups excluding carboxylic acids is 1. The van der Waals surface area contributed by atoms with E-state index in [0.29, 0.717) is 24.4 Å². The minimum atomic E-state index is -0.712. The lowest BCUT2D eigenvalue weighted by molar-refractivity contribution is -0.128. The number of hydrogen-bond acceptors (Lipinski definition) is 4. The SMILES string of the molecule is CCCC(CCC)(C(=O)NCc1nccs1)C(N)=S. The number of thiazole rings is 1. The second kappa shape index (κ2) is 7.55. The van der Waals surface area contributed by atoms with E-state index in [1.165, 1.54) is 11.3 Å². The van der Waals surface area contributed by atoms with E-state index < -0.39 is 5.41 Å². The summed E-state index contributed by atoms with van der Waals surface area (Å²) in [6, 6.07) is 0. The summed E-state index contributed by atoms with van der Waals surface area (Å²) in [5, 5.41) is 5.69. The van der Waals surface area contributed by atoms with Crippen molar-refractivity contribution in [3.63, 3.8) is 0 Å². The lowest BCUT2D eigenvalue weighted by Crippen LogP contribution is -2.48. The quantitative estimate of drug-likeness (QED) is 0.724. The van der Waals surface area contributed by atoms with Crippen LogP contribution in [0.25, 0.3) is 0 Å². The van der Waals surface area contributed by atoms with Crippen LogP contribution in [0.5, 0.6) is 0 Å². The zero-order chi connectivity index (χ0) is 14.3. The molecule has 0 saturated heterocycles. The average molecular weight is 299 g/mol. The van der Waals surface area contributed by atoms with Gasteiger partial charge in [-0.3, -0.25) is 4.79 Å². The number of amides is 1. The lowest BCUT2D eigenvalue weighted by Gasteiger charge is -2.30. The van der Waals surface area contributed by atoms with Crippen molar-refractivity contribution in [3.05, 3.63) is 16.6 Å². The molecular weight excluding hydrogens is 278 g/mol. The van der Waals surface area contributed by atoms with Gasteiger partial charge in [-0.1, -0.05) is 38.9 Å². The van der Waals surface area contributed by atoms with Crippen molar-refractivity contribution < 1.29 is 4.79 Å². The fourth-order valence-electron chi connectivity index (χ4n) is 2.23. The van der Waals surface area contributed by atoms with Crippen LogP contribution in [-0.2, 0) is 11.3 Å². The zero-order valence-corrected chi connectivity index (χ0v) is 13.1. The molecule has 0 atom stereocenters. The van der Waals surface area contributed by atoms with E-state index >= 15 is 0 Å². The van der Waals surface area contributed by atoms with Crippen LogP contribution in [0, 0.1) is 5.41 Å². The summed E-state index contributed by atoms with van der Waals surface area (Å²) < 4.78 is 0. The van der Waals surface area contributed by atoms with Gasteiger partial charge < -0.3 is 11.1 Å². The minimum Gasteiger partial charge on any atom is -0.392 e. The standard InChI is InChI=1S/C13H21N3OS2/c1-3-5-13(6-4-2,11(14)18)12(17)16-9-10-15-7-8-19-10/h7-8H,3-6,9H2,1-2H3,(H2,14,18)(H,16,17). The van der Waals surface area contributed by atoms with Crippen LogP contribution in [-0.4, -0.2) is 15.9 Å². The van der Waals surface area contributed by atoms with Crippen LogP contribution in [0.4, 0.5) is 0 Å². The van der Waals surface area contributed by atoms with Gasteiger partial charge in [-0.2, -0.15) is 0 Å². The molecule has 4 nitrogen and oxygen atoms in total. The molecule has 0 aliphatic rings. The predicted octanol–water partition coefficient (Wildman–Crippen LogP) is 2.63. The summed E-state index contributed by atoms with van der Waals surface area (Å²) in [5.41, 5.74) is 5.14. The maximum atomic E-state index is 12.5. The Kier molecular flexibility index (Phi) is 6.37. The Morgan fingerprint density at radius 1 is 1.47 bits per heavy atom. The molecule has 0 aliphatic carbocycles. The Balaban J connectivity index is 2.77. The highest BCUT2D eigenvalue weighted by Gasteiger charge is 2.39. The third kappa shape index (κ3) is 3.98. The molecule has 19 heavy (non-hydrogen) atoms. The van der Waals surface area contributed by atoms with Gasteiger partial charge in [-0.25, -0.2) is 4.98 Å². The Morgan fingerprint density at radius 3 is 2.53 bits per heavy atom. The molecule has 0 spiro atoms. The molecule has 0 fully saturated rings. The van der Waals surface area contributed by atoms with Gasteiger partial charge >= 0.3 is 0 Å². The predicted molar refractivity (Wildman–Crippen MR) is 83.0 cm³/mol. The first-order valence-corrected chi connectivity index (χ1v) is 7.82. The molecule has 0 radical (unpaired) electrons. The molecule has 106 valence electrons. The second-order valence-corrected chi connectivity index (χ2v) is 5.97. The fraction of sp³-hybridized carbons (Fsp3) is 0.615. The molecule has 1 amide bonds. The van der Waals surface area contributed by atoms with E-state index in [9.17, 15) is 4.79 Å². The Labute approximate surface area is 123 Å². The number of thiocarbonyl (C=S) groups is 1. The topological polar surface area (TPSA) is 68.0 Å². The first-order valence-electron chi connectivity index (χ1n) is 6.53. The molecule has 3 N–H and O–H groups in total. The summed E-state index contributed by atoms with van der Waals surface area (Å²) in [4.78, 5) is 16.9. The van der Waals surface area contributed by atoms with Crippen LogP contribution >= 0.6 is 23.6 Å². The number of hydrogen-bond donors (Lipinski definition) is 2. The van der Waals surface area contributed by atoms with Gasteiger partial charge in [-0.15, -0.1) is 11.3 Å². The van der Waals surface area contributed by atoms with E-state index in [1.54, 1.807) is 6.20 Å². The van der Waals surface area contributed by atoms with Crippen molar-refractivity contribution in [2.45, 2.75) is 46.1 Å². The zero-order valence-electron chi connectivity index (χ0n) is 11.4. The fourth-order valence-corrected chi connectivity index (χ4v) is 3.08. The van der Waals surface area contributed by atoms with Crippen molar-refractivity contribution >= 4 is 34.5 Å². The molecule has 6 heteroatoms. The average Bonchev–Trinajstić information content (AvgIpc) is 2.88. The smallest absolute Gasteiger partial charge is 0.233 e. The molecule has 0 saturated carbocycles. The monoisotopic (exact) mass is 299 g/mol. The van der Waals surface area contributed by atoms with Gasteiger partial charge in [0.1, 0.15) is 5.01 Å². The van der Waals surface area contributed by atoms with Crippen LogP contribution in [0.15, 0.2) is 11.6 Å². The van der Waals surface area contributed by atoms with Crippen molar-refractivity contribution in [1.29, 1.82) is 0 Å². The van der Waals surface area contributed by atoms with Crippen LogP contribution in [0.3, 0.4) is 0 Å². The number of nitrogens with two attached hydrogens (primary N) is 1. The summed E-state index contributed by atoms with van der Waals surface area (Å²) >= 11 is 6.68. The number of nitrogens with zero attached hydrogens (tertiary/aromatic N) is 1. The maximum Gasteiger partial charge on any atom is 0.233 e. The molecule has 1 heterocycles. The third-order valence-corrected chi connectivity index (χ3v) is 4.31. The van der Waals surface area contributed by atoms with Gasteiger partial charge in [0.2, 0.25) is 5.91 Å². The van der Waals surface area contributed by atoms with E-state index in [2.05, 4.69) is 10.3 Å². The summed E-state index contributed by atoms with van der Waals surface area (Å²) in [6.07, 6.45) is 4.87. The van der Waals surface area contributed by atoms with Gasteiger partial charge in [-0.05, 0) is 12.8 Å². The van der Waals surface area contributed by atoms with Gasteiger partial charge in [0, 0.05) is 11.6 Å². The molecule has 0 aliphatic heterocycles. The van der Waals surface area contributed by atoms with Gasteiger partial charge in [0.25, 0.3) is 0 Å². The number of aromatic nitrogens is 1. The molecule has 0 aromatic carbocycles. The van der Waals surface area contributed by atoms with Crippen molar-refractivity contribution in [3.8, 4) is 0 Å². The molecule has 1 aromatic rings. The van der Waals surface area contributed by atoms with Crippen LogP contribution < -0.4 is 11.1 Å². The van der Waals surface area contributed by atoms with E-state index in [4.69, 9.17) is 18.0 Å². The molecule has 0 unspecified atom stereocenters. The molecule has 1 aromatic heterocycles. The normalized spacial score (nSPS) is 11.3. The highest BCUT2D eigenvalue weighted by molar-refractivity contribution is 7.80. The van der Waals surface area contributed by atoms with Crippen LogP contribution in [0.1, 0.15) is 44.5 Å². The second-order valence-electron chi connectivity index (χ2n) is 4.55. The molecule has 0 bridgehead atoms. The lowest BCUT2D eigenvalue weighted by atomic mass is 9.78. The highest BCUT2D eigenvalue weighted by atomic mass is 32.1. The number of nitrogens with one attached hydrogen (secondary N) is 1. The van der Waals surface area contributed by atoms with E-state index in [1.807, 2.05) is 19.2 Å². The summed E-state index contributed by atoms with van der Waals surface area (Å²) in [7, 11) is 0. The minimum absolute atomic E-state index is 0.0705. The summed E-state index contributed by atoms with van der Waals surface area (Å²) in [5.74, 6) is -0.0705. The largest absolute Gasteiger partial charge is 0.392 e. The third-order valence-electron chi connectivity index (χ3n) is 3.14. The highest BCUT2D eigenvalue weighted by Crippen LogP contribution is 2.31. The van der Waals surface area contributed by atoms with E-state index in [-0.39, 0.29) is 5.91 Å². The van der Waals surface area contributed by atoms with Crippen molar-refractivity contribution in [2.24, 2.45) is 11.1 Å². The first-order chi connectivity index (χ1) is 9.06. The summed E-state index contributed by atoms with van der Waals surface area (Å²) in [6.45, 7) is 4.52. The van der Waals surface area contributed by atoms with Gasteiger partial charge in [0.05, 0.1) is 16.9 Å². The van der Waals surface area contributed by atoms with E-state index in [0.717, 1.165) is 17.8 Å². The Morgan fingerprint density at radius 2 is 2.11 bits per heavy atom. The van der Waals surface area contributed by atoms with Crippen molar-refractivity contribution in [1.82, 2.24) is 10.3 Å². The number of carbonyl (C=O) groups is 1. The Hall–Kier alpha value is -1.01. The molecule has 1 rings (SSSR count). The van der Waals surface area contributed by atoms with Gasteiger partial charge in [0.15, 0.2) is 0 Å². The first kappa shape index (κ1) is 16.0. The van der Waals surface area contributed by atoms with Crippen LogP contribution in [0.2, 0.25) is 0 Å². The Bertz CT molecular complexity index is 412.